The Labute approximate surface area is 206 Å². The highest BCUT2D eigenvalue weighted by Gasteiger charge is 2.54. The van der Waals surface area contributed by atoms with Crippen molar-refractivity contribution in [2.24, 2.45) is 0 Å². The predicted octanol–water partition coefficient (Wildman–Crippen LogP) is 0.808. The summed E-state index contributed by atoms with van der Waals surface area (Å²) in [6.45, 7) is 0. The molecule has 2 amide bonds. The second kappa shape index (κ2) is 10.5. The number of hydrogen-bond acceptors (Lipinski definition) is 12. The average molecular weight is 522 g/mol. The van der Waals surface area contributed by atoms with Crippen LogP contribution < -0.4 is 16.5 Å². The summed E-state index contributed by atoms with van der Waals surface area (Å²) in [5, 5.41) is 13.8. The summed E-state index contributed by atoms with van der Waals surface area (Å²) >= 11 is 3.52. The molecule has 178 valence electrons. The molecular weight excluding hydrogens is 502 g/mol. The SMILES string of the molecule is CONC(C(=O)NC1C(=O)N2C(C(=O)O)=C(S/C=C\c3cccnc3)CS[C@H]12)c1nsc(N)n1. The van der Waals surface area contributed by atoms with Crippen LogP contribution in [-0.4, -0.2) is 66.4 Å². The second-order valence-corrected chi connectivity index (χ2v) is 9.81. The van der Waals surface area contributed by atoms with Gasteiger partial charge in [0, 0.05) is 34.6 Å². The molecule has 2 aromatic rings. The Morgan fingerprint density at radius 2 is 2.29 bits per heavy atom. The number of nitrogens with one attached hydrogen (secondary N) is 2. The molecular formula is C19H19N7O5S3. The Kier molecular flexibility index (Phi) is 7.47. The Hall–Kier alpha value is -2.98. The van der Waals surface area contributed by atoms with Gasteiger partial charge in [0.05, 0.1) is 7.11 Å². The van der Waals surface area contributed by atoms with Gasteiger partial charge in [-0.3, -0.25) is 19.5 Å². The van der Waals surface area contributed by atoms with Crippen LogP contribution in [0.15, 0.2) is 40.5 Å². The molecule has 3 atom stereocenters. The molecule has 0 saturated carbocycles. The highest BCUT2D eigenvalue weighted by Crippen LogP contribution is 2.43. The minimum Gasteiger partial charge on any atom is -0.477 e. The zero-order chi connectivity index (χ0) is 24.2. The third-order valence-electron chi connectivity index (χ3n) is 4.80. The lowest BCUT2D eigenvalue weighted by Gasteiger charge is -2.49. The van der Waals surface area contributed by atoms with Crippen molar-refractivity contribution >= 4 is 64.0 Å². The van der Waals surface area contributed by atoms with Crippen LogP contribution in [0.25, 0.3) is 6.08 Å². The van der Waals surface area contributed by atoms with E-state index < -0.39 is 35.2 Å². The van der Waals surface area contributed by atoms with Gasteiger partial charge in [-0.05, 0) is 23.1 Å². The van der Waals surface area contributed by atoms with Gasteiger partial charge in [-0.15, -0.1) is 11.8 Å². The molecule has 0 aliphatic carbocycles. The smallest absolute Gasteiger partial charge is 0.353 e. The standard InChI is InChI=1S/C19H19N7O5S3/c1-31-24-11(14-23-19(20)34-25-14)15(27)22-12-16(28)26-13(18(29)30)10(8-33-17(12)26)32-6-4-9-3-2-5-21-7-9/h2-7,11-12,17,24H,8H2,1H3,(H,22,27)(H,29,30)(H2,20,23,25)/b6-4-/t11?,12?,17-/m1/s1. The number of β-lactam (4-membered cyclic amide) rings is 1. The molecule has 34 heavy (non-hydrogen) atoms. The number of rotatable bonds is 9. The van der Waals surface area contributed by atoms with Crippen molar-refractivity contribution in [2.75, 3.05) is 18.6 Å². The molecule has 2 aliphatic rings. The van der Waals surface area contributed by atoms with Gasteiger partial charge in [-0.2, -0.15) is 9.85 Å². The van der Waals surface area contributed by atoms with Gasteiger partial charge in [-0.1, -0.05) is 17.8 Å². The number of carbonyl (C=O) groups is 3. The number of carboxylic acid groups (broad SMARTS) is 1. The summed E-state index contributed by atoms with van der Waals surface area (Å²) in [6, 6.07) is 1.68. The van der Waals surface area contributed by atoms with Crippen molar-refractivity contribution in [3.63, 3.8) is 0 Å². The van der Waals surface area contributed by atoms with Crippen molar-refractivity contribution in [3.05, 3.63) is 51.9 Å². The van der Waals surface area contributed by atoms with Crippen molar-refractivity contribution in [3.8, 4) is 0 Å². The molecule has 1 saturated heterocycles. The first-order chi connectivity index (χ1) is 16.4. The number of aromatic nitrogens is 3. The number of aliphatic carboxylic acids is 1. The summed E-state index contributed by atoms with van der Waals surface area (Å²) in [5.74, 6) is -1.85. The van der Waals surface area contributed by atoms with E-state index in [1.165, 1.54) is 35.5 Å². The third-order valence-corrected chi connectivity index (χ3v) is 7.72. The number of pyridine rings is 1. The fourth-order valence-corrected chi connectivity index (χ4v) is 6.12. The number of hydroxylamine groups is 1. The van der Waals surface area contributed by atoms with Gasteiger partial charge >= 0.3 is 5.97 Å². The van der Waals surface area contributed by atoms with E-state index in [0.717, 1.165) is 17.1 Å². The minimum absolute atomic E-state index is 0.0828. The number of amides is 2. The molecule has 4 heterocycles. The molecule has 12 nitrogen and oxygen atoms in total. The van der Waals surface area contributed by atoms with Crippen molar-refractivity contribution < 1.29 is 24.3 Å². The number of thioether (sulfide) groups is 2. The molecule has 0 aromatic carbocycles. The fraction of sp³-hybridized carbons (Fsp3) is 0.263. The lowest BCUT2D eigenvalue weighted by atomic mass is 10.0. The summed E-state index contributed by atoms with van der Waals surface area (Å²) in [6.07, 6.45) is 5.15. The zero-order valence-electron chi connectivity index (χ0n) is 17.6. The van der Waals surface area contributed by atoms with Crippen LogP contribution in [0.3, 0.4) is 0 Å². The van der Waals surface area contributed by atoms with E-state index in [0.29, 0.717) is 10.7 Å². The summed E-state index contributed by atoms with van der Waals surface area (Å²) in [5.41, 5.74) is 8.87. The lowest BCUT2D eigenvalue weighted by molar-refractivity contribution is -0.151. The van der Waals surface area contributed by atoms with Crippen LogP contribution in [0.1, 0.15) is 17.4 Å². The number of anilines is 1. The first kappa shape index (κ1) is 24.2. The molecule has 5 N–H and O–H groups in total. The summed E-state index contributed by atoms with van der Waals surface area (Å²) in [4.78, 5) is 52.3. The molecule has 2 unspecified atom stereocenters. The molecule has 2 aliphatic heterocycles. The van der Waals surface area contributed by atoms with Crippen LogP contribution in [0.2, 0.25) is 0 Å². The van der Waals surface area contributed by atoms with Crippen LogP contribution in [0.5, 0.6) is 0 Å². The quantitative estimate of drug-likeness (QED) is 0.270. The molecule has 15 heteroatoms. The maximum Gasteiger partial charge on any atom is 0.353 e. The number of nitrogen functional groups attached to an aromatic ring is 1. The normalized spacial score (nSPS) is 20.7. The first-order valence-electron chi connectivity index (χ1n) is 9.73. The Morgan fingerprint density at radius 3 is 2.94 bits per heavy atom. The van der Waals surface area contributed by atoms with Crippen molar-refractivity contribution in [1.29, 1.82) is 0 Å². The second-order valence-electron chi connectivity index (χ2n) is 6.93. The fourth-order valence-electron chi connectivity index (χ4n) is 3.29. The summed E-state index contributed by atoms with van der Waals surface area (Å²) < 4.78 is 4.01. The Morgan fingerprint density at radius 1 is 1.47 bits per heavy atom. The molecule has 0 spiro atoms. The number of nitrogens with zero attached hydrogens (tertiary/aromatic N) is 4. The predicted molar refractivity (Wildman–Crippen MR) is 128 cm³/mol. The van der Waals surface area contributed by atoms with E-state index in [9.17, 15) is 19.5 Å². The van der Waals surface area contributed by atoms with Crippen molar-refractivity contribution in [1.82, 2.24) is 30.0 Å². The Bertz CT molecular complexity index is 1160. The van der Waals surface area contributed by atoms with E-state index in [4.69, 9.17) is 10.6 Å². The third kappa shape index (κ3) is 4.92. The van der Waals surface area contributed by atoms with Crippen LogP contribution in [0.4, 0.5) is 5.13 Å². The summed E-state index contributed by atoms with van der Waals surface area (Å²) in [7, 11) is 1.33. The largest absolute Gasteiger partial charge is 0.477 e. The van der Waals surface area contributed by atoms with E-state index in [1.807, 2.05) is 12.1 Å². The van der Waals surface area contributed by atoms with Crippen LogP contribution >= 0.6 is 35.1 Å². The number of hydrogen-bond donors (Lipinski definition) is 4. The van der Waals surface area contributed by atoms with Gasteiger partial charge in [0.25, 0.3) is 5.91 Å². The number of fused-ring (bicyclic) bond motifs is 1. The van der Waals surface area contributed by atoms with Crippen LogP contribution in [0, 0.1) is 0 Å². The molecule has 0 radical (unpaired) electrons. The lowest BCUT2D eigenvalue weighted by Crippen LogP contribution is -2.71. The number of carboxylic acids is 1. The monoisotopic (exact) mass is 521 g/mol. The number of nitrogens with two attached hydrogens (primary N) is 1. The van der Waals surface area contributed by atoms with E-state index in [1.54, 1.807) is 23.9 Å². The van der Waals surface area contributed by atoms with Gasteiger partial charge in [0.2, 0.25) is 5.91 Å². The van der Waals surface area contributed by atoms with Gasteiger partial charge < -0.3 is 21.0 Å². The van der Waals surface area contributed by atoms with Gasteiger partial charge in [-0.25, -0.2) is 9.78 Å². The maximum atomic E-state index is 12.9. The van der Waals surface area contributed by atoms with Gasteiger partial charge in [0.15, 0.2) is 17.0 Å². The Balaban J connectivity index is 1.47. The highest BCUT2D eigenvalue weighted by atomic mass is 32.2. The zero-order valence-corrected chi connectivity index (χ0v) is 20.0. The molecule has 2 aromatic heterocycles. The van der Waals surface area contributed by atoms with Crippen LogP contribution in [-0.2, 0) is 19.2 Å². The van der Waals surface area contributed by atoms with E-state index in [2.05, 4.69) is 25.1 Å². The molecule has 4 rings (SSSR count). The number of carbonyl (C=O) groups excluding carboxylic acids is 2. The molecule has 0 bridgehead atoms. The highest BCUT2D eigenvalue weighted by molar-refractivity contribution is 8.08. The van der Waals surface area contributed by atoms with E-state index >= 15 is 0 Å². The average Bonchev–Trinajstić information content (AvgIpc) is 3.26. The first-order valence-corrected chi connectivity index (χ1v) is 12.4. The maximum absolute atomic E-state index is 12.9. The topological polar surface area (TPSA) is 173 Å². The van der Waals surface area contributed by atoms with Crippen molar-refractivity contribution in [2.45, 2.75) is 17.5 Å². The molecule has 1 fully saturated rings. The minimum atomic E-state index is -1.21. The van der Waals surface area contributed by atoms with Gasteiger partial charge in [0.1, 0.15) is 17.1 Å². The van der Waals surface area contributed by atoms with E-state index in [-0.39, 0.29) is 16.7 Å².